The summed E-state index contributed by atoms with van der Waals surface area (Å²) in [6.45, 7) is 7.41. The van der Waals surface area contributed by atoms with Gasteiger partial charge in [-0.25, -0.2) is 0 Å². The number of rotatable bonds is 7. The van der Waals surface area contributed by atoms with Gasteiger partial charge in [0, 0.05) is 23.4 Å². The fourth-order valence-electron chi connectivity index (χ4n) is 3.39. The highest BCUT2D eigenvalue weighted by Gasteiger charge is 2.17. The van der Waals surface area contributed by atoms with Gasteiger partial charge in [0.2, 0.25) is 0 Å². The van der Waals surface area contributed by atoms with Gasteiger partial charge in [-0.1, -0.05) is 60.2 Å². The molecule has 0 saturated heterocycles. The lowest BCUT2D eigenvalue weighted by Crippen LogP contribution is -2.31. The molecule has 0 radical (unpaired) electrons. The second kappa shape index (κ2) is 10.3. The van der Waals surface area contributed by atoms with E-state index in [0.29, 0.717) is 12.2 Å². The van der Waals surface area contributed by atoms with Gasteiger partial charge in [-0.05, 0) is 44.5 Å². The lowest BCUT2D eigenvalue weighted by molar-refractivity contribution is 0.744. The van der Waals surface area contributed by atoms with Crippen molar-refractivity contribution in [3.05, 3.63) is 95.1 Å². The molecule has 160 valence electrons. The molecule has 0 unspecified atom stereocenters. The number of nitrogens with one attached hydrogen (secondary N) is 1. The maximum absolute atomic E-state index is 5.92. The molecule has 0 amide bonds. The first-order valence-electron chi connectivity index (χ1n) is 10.4. The Hall–Kier alpha value is -3.80. The lowest BCUT2D eigenvalue weighted by atomic mass is 9.99. The van der Waals surface area contributed by atoms with Gasteiger partial charge < -0.3 is 21.9 Å². The van der Waals surface area contributed by atoms with Gasteiger partial charge >= 0.3 is 0 Å². The number of nitrogens with two attached hydrogens (primary N) is 2. The number of hydrogen-bond donors (Lipinski definition) is 3. The van der Waals surface area contributed by atoms with Crippen LogP contribution < -0.4 is 21.9 Å². The first-order chi connectivity index (χ1) is 15.0. The first-order valence-corrected chi connectivity index (χ1v) is 10.4. The van der Waals surface area contributed by atoms with E-state index in [2.05, 4.69) is 65.7 Å². The Kier molecular flexibility index (Phi) is 7.27. The van der Waals surface area contributed by atoms with E-state index < -0.39 is 0 Å². The van der Waals surface area contributed by atoms with Crippen molar-refractivity contribution in [2.45, 2.75) is 27.3 Å². The van der Waals surface area contributed by atoms with Crippen molar-refractivity contribution >= 4 is 22.9 Å². The molecule has 6 heteroatoms. The van der Waals surface area contributed by atoms with E-state index in [1.165, 1.54) is 11.1 Å². The molecule has 0 saturated carbocycles. The zero-order valence-electron chi connectivity index (χ0n) is 18.3. The monoisotopic (exact) mass is 414 g/mol. The fraction of sp³-hybridized carbons (Fsp3) is 0.200. The Morgan fingerprint density at radius 3 is 2.29 bits per heavy atom. The average molecular weight is 415 g/mol. The number of nitrogen functional groups attached to an aromatic ring is 1. The van der Waals surface area contributed by atoms with Crippen molar-refractivity contribution in [2.75, 3.05) is 17.2 Å². The van der Waals surface area contributed by atoms with Crippen LogP contribution in [0.4, 0.5) is 11.4 Å². The number of para-hydroxylation sites is 1. The van der Waals surface area contributed by atoms with Crippen LogP contribution in [-0.4, -0.2) is 18.1 Å². The van der Waals surface area contributed by atoms with Gasteiger partial charge in [0.15, 0.2) is 0 Å². The Labute approximate surface area is 184 Å². The Balaban J connectivity index is 2.03. The summed E-state index contributed by atoms with van der Waals surface area (Å²) in [7, 11) is 0. The van der Waals surface area contributed by atoms with Crippen LogP contribution in [0.25, 0.3) is 0 Å². The first kappa shape index (κ1) is 21.9. The molecule has 31 heavy (non-hydrogen) atoms. The summed E-state index contributed by atoms with van der Waals surface area (Å²) < 4.78 is 0. The molecular weight excluding hydrogens is 384 g/mol. The van der Waals surface area contributed by atoms with Crippen molar-refractivity contribution in [3.8, 4) is 0 Å². The van der Waals surface area contributed by atoms with E-state index in [9.17, 15) is 0 Å². The molecule has 0 spiro atoms. The highest BCUT2D eigenvalue weighted by Crippen LogP contribution is 2.25. The maximum Gasteiger partial charge on any atom is 0.125 e. The maximum atomic E-state index is 5.92. The van der Waals surface area contributed by atoms with Crippen LogP contribution in [0.1, 0.15) is 36.1 Å². The summed E-state index contributed by atoms with van der Waals surface area (Å²) in [4.78, 5) is 2.07. The zero-order valence-corrected chi connectivity index (χ0v) is 18.3. The second-order valence-electron chi connectivity index (χ2n) is 7.34. The van der Waals surface area contributed by atoms with E-state index in [1.54, 1.807) is 0 Å². The number of benzene rings is 3. The third-order valence-electron chi connectivity index (χ3n) is 5.12. The molecular formula is C25H30N6. The summed E-state index contributed by atoms with van der Waals surface area (Å²) in [6.07, 6.45) is 0. The van der Waals surface area contributed by atoms with E-state index >= 15 is 0 Å². The third-order valence-corrected chi connectivity index (χ3v) is 5.12. The quantitative estimate of drug-likeness (QED) is 0.177. The van der Waals surface area contributed by atoms with Gasteiger partial charge in [-0.15, -0.1) is 0 Å². The molecule has 0 fully saturated rings. The van der Waals surface area contributed by atoms with Crippen LogP contribution in [0.2, 0.25) is 0 Å². The third kappa shape index (κ3) is 5.42. The Bertz CT molecular complexity index is 1050. The standard InChI is InChI=1S/C25H30N6/c1-4-31(19(3)29-27)24-8-6-5-7-23(24)25(21-13-15-22(26)16-14-21)30-28-17-20-11-9-18(2)10-12-20/h5-16,28H,4,17,26-27H2,1-3H3/b29-19-,30-25-. The van der Waals surface area contributed by atoms with Crippen LogP contribution in [0.3, 0.4) is 0 Å². The minimum absolute atomic E-state index is 0.627. The van der Waals surface area contributed by atoms with Crippen LogP contribution in [0.5, 0.6) is 0 Å². The summed E-state index contributed by atoms with van der Waals surface area (Å²) in [6, 6.07) is 24.3. The zero-order chi connectivity index (χ0) is 22.2. The molecule has 0 aliphatic rings. The van der Waals surface area contributed by atoms with E-state index in [-0.39, 0.29) is 0 Å². The van der Waals surface area contributed by atoms with Crippen molar-refractivity contribution < 1.29 is 0 Å². The molecule has 3 aromatic rings. The SMILES string of the molecule is CCN(/C(C)=N\N)c1ccccc1/C(=N\NCc1ccc(C)cc1)c1ccc(N)cc1. The summed E-state index contributed by atoms with van der Waals surface area (Å²) in [5.41, 5.74) is 16.0. The largest absolute Gasteiger partial charge is 0.399 e. The van der Waals surface area contributed by atoms with Crippen LogP contribution >= 0.6 is 0 Å². The van der Waals surface area contributed by atoms with E-state index in [4.69, 9.17) is 16.7 Å². The number of aryl methyl sites for hydroxylation is 1. The van der Waals surface area contributed by atoms with Crippen molar-refractivity contribution in [1.29, 1.82) is 0 Å². The van der Waals surface area contributed by atoms with Gasteiger partial charge in [-0.3, -0.25) is 0 Å². The lowest BCUT2D eigenvalue weighted by Gasteiger charge is -2.25. The highest BCUT2D eigenvalue weighted by atomic mass is 15.3. The Morgan fingerprint density at radius 2 is 1.65 bits per heavy atom. The molecule has 5 N–H and O–H groups in total. The topological polar surface area (TPSA) is 92.0 Å². The number of amidine groups is 1. The molecule has 0 heterocycles. The van der Waals surface area contributed by atoms with Gasteiger partial charge in [-0.2, -0.15) is 10.2 Å². The summed E-state index contributed by atoms with van der Waals surface area (Å²) in [5.74, 6) is 6.32. The van der Waals surface area contributed by atoms with E-state index in [0.717, 1.165) is 34.9 Å². The number of hydrazone groups is 2. The van der Waals surface area contributed by atoms with Crippen LogP contribution in [0.15, 0.2) is 83.0 Å². The van der Waals surface area contributed by atoms with Crippen molar-refractivity contribution in [2.24, 2.45) is 16.0 Å². The van der Waals surface area contributed by atoms with E-state index in [1.807, 2.05) is 43.3 Å². The highest BCUT2D eigenvalue weighted by molar-refractivity contribution is 6.17. The number of nitrogens with zero attached hydrogens (tertiary/aromatic N) is 3. The molecule has 0 aromatic heterocycles. The fourth-order valence-corrected chi connectivity index (χ4v) is 3.39. The van der Waals surface area contributed by atoms with Gasteiger partial charge in [0.05, 0.1) is 17.9 Å². The molecule has 0 atom stereocenters. The van der Waals surface area contributed by atoms with Gasteiger partial charge in [0.25, 0.3) is 0 Å². The molecule has 0 aliphatic heterocycles. The molecule has 3 rings (SSSR count). The Morgan fingerprint density at radius 1 is 0.968 bits per heavy atom. The number of hydrogen-bond acceptors (Lipinski definition) is 5. The molecule has 3 aromatic carbocycles. The molecule has 6 nitrogen and oxygen atoms in total. The average Bonchev–Trinajstić information content (AvgIpc) is 2.79. The van der Waals surface area contributed by atoms with Crippen molar-refractivity contribution in [3.63, 3.8) is 0 Å². The predicted molar refractivity (Wildman–Crippen MR) is 131 cm³/mol. The normalized spacial score (nSPS) is 12.0. The van der Waals surface area contributed by atoms with Crippen LogP contribution in [-0.2, 0) is 6.54 Å². The van der Waals surface area contributed by atoms with Crippen molar-refractivity contribution in [1.82, 2.24) is 5.43 Å². The summed E-state index contributed by atoms with van der Waals surface area (Å²) in [5, 5.41) is 8.70. The molecule has 0 aliphatic carbocycles. The summed E-state index contributed by atoms with van der Waals surface area (Å²) >= 11 is 0. The van der Waals surface area contributed by atoms with Gasteiger partial charge in [0.1, 0.15) is 5.84 Å². The predicted octanol–water partition coefficient (Wildman–Crippen LogP) is 4.24. The number of anilines is 2. The second-order valence-corrected chi connectivity index (χ2v) is 7.34. The molecule has 0 bridgehead atoms. The smallest absolute Gasteiger partial charge is 0.125 e. The minimum atomic E-state index is 0.627. The minimum Gasteiger partial charge on any atom is -0.399 e. The van der Waals surface area contributed by atoms with Crippen LogP contribution in [0, 0.1) is 6.92 Å².